The highest BCUT2D eigenvalue weighted by molar-refractivity contribution is 5.96. The molecule has 0 radical (unpaired) electrons. The van der Waals surface area contributed by atoms with Crippen molar-refractivity contribution in [2.24, 2.45) is 0 Å². The smallest absolute Gasteiger partial charge is 0.293 e. The second kappa shape index (κ2) is 9.67. The maximum absolute atomic E-state index is 14.2. The van der Waals surface area contributed by atoms with Crippen LogP contribution in [-0.2, 0) is 19.5 Å². The Labute approximate surface area is 183 Å². The van der Waals surface area contributed by atoms with E-state index in [4.69, 9.17) is 5.21 Å². The van der Waals surface area contributed by atoms with Gasteiger partial charge in [0.2, 0.25) is 0 Å². The number of benzene rings is 2. The van der Waals surface area contributed by atoms with Crippen molar-refractivity contribution in [3.63, 3.8) is 0 Å². The van der Waals surface area contributed by atoms with E-state index in [9.17, 15) is 13.6 Å². The van der Waals surface area contributed by atoms with Gasteiger partial charge in [0, 0.05) is 29.8 Å². The fourth-order valence-corrected chi connectivity index (χ4v) is 3.65. The van der Waals surface area contributed by atoms with Gasteiger partial charge in [0.15, 0.2) is 0 Å². The van der Waals surface area contributed by atoms with Crippen molar-refractivity contribution in [3.05, 3.63) is 101 Å². The first kappa shape index (κ1) is 21.6. The lowest BCUT2D eigenvalue weighted by molar-refractivity contribution is 0.0701. The zero-order chi connectivity index (χ0) is 22.5. The van der Waals surface area contributed by atoms with Crippen molar-refractivity contribution in [2.75, 3.05) is 6.54 Å². The highest BCUT2D eigenvalue weighted by Crippen LogP contribution is 2.24. The minimum atomic E-state index is -0.716. The number of pyridine rings is 1. The van der Waals surface area contributed by atoms with Crippen LogP contribution in [0.15, 0.2) is 67.0 Å². The monoisotopic (exact) mass is 436 g/mol. The summed E-state index contributed by atoms with van der Waals surface area (Å²) in [5.74, 6) is -1.97. The van der Waals surface area contributed by atoms with E-state index in [0.29, 0.717) is 17.6 Å². The third-order valence-corrected chi connectivity index (χ3v) is 5.29. The van der Waals surface area contributed by atoms with Crippen LogP contribution in [0.25, 0.3) is 10.9 Å². The molecule has 0 bridgehead atoms. The number of halogens is 2. The van der Waals surface area contributed by atoms with E-state index in [1.165, 1.54) is 23.9 Å². The molecular weight excluding hydrogens is 414 g/mol. The van der Waals surface area contributed by atoms with E-state index in [1.807, 2.05) is 29.0 Å². The van der Waals surface area contributed by atoms with Gasteiger partial charge >= 0.3 is 0 Å². The average molecular weight is 436 g/mol. The molecule has 0 aliphatic rings. The summed E-state index contributed by atoms with van der Waals surface area (Å²) >= 11 is 0. The largest absolute Gasteiger partial charge is 0.341 e. The summed E-state index contributed by atoms with van der Waals surface area (Å²) in [7, 11) is 0. The van der Waals surface area contributed by atoms with Gasteiger partial charge in [-0.15, -0.1) is 0 Å². The minimum absolute atomic E-state index is 0.0660. The summed E-state index contributed by atoms with van der Waals surface area (Å²) in [5.41, 5.74) is 4.80. The van der Waals surface area contributed by atoms with Crippen LogP contribution >= 0.6 is 0 Å². The number of carbonyl (C=O) groups is 1. The Hall–Kier alpha value is -3.62. The second-order valence-electron chi connectivity index (χ2n) is 7.46. The second-order valence-corrected chi connectivity index (χ2v) is 7.46. The van der Waals surface area contributed by atoms with Crippen LogP contribution in [0.2, 0.25) is 0 Å². The highest BCUT2D eigenvalue weighted by atomic mass is 19.1. The molecule has 0 saturated heterocycles. The summed E-state index contributed by atoms with van der Waals surface area (Å²) in [6.07, 6.45) is 4.24. The summed E-state index contributed by atoms with van der Waals surface area (Å²) in [6, 6.07) is 15.2. The molecule has 4 rings (SSSR count). The predicted molar refractivity (Wildman–Crippen MR) is 116 cm³/mol. The van der Waals surface area contributed by atoms with Gasteiger partial charge in [0.25, 0.3) is 5.91 Å². The van der Waals surface area contributed by atoms with Gasteiger partial charge in [0.05, 0.1) is 18.3 Å². The molecule has 8 heteroatoms. The van der Waals surface area contributed by atoms with Crippen LogP contribution in [0.4, 0.5) is 8.78 Å². The Kier molecular flexibility index (Phi) is 6.53. The molecule has 0 atom stereocenters. The highest BCUT2D eigenvalue weighted by Gasteiger charge is 2.15. The first-order valence-corrected chi connectivity index (χ1v) is 10.2. The molecule has 0 fully saturated rings. The molecule has 0 unspecified atom stereocenters. The van der Waals surface area contributed by atoms with Gasteiger partial charge in [-0.2, -0.15) is 0 Å². The molecule has 32 heavy (non-hydrogen) atoms. The number of nitrogens with zero attached hydrogens (tertiary/aromatic N) is 2. The normalized spacial score (nSPS) is 11.1. The van der Waals surface area contributed by atoms with Gasteiger partial charge in [-0.05, 0) is 36.2 Å². The molecule has 2 heterocycles. The third kappa shape index (κ3) is 4.82. The van der Waals surface area contributed by atoms with Gasteiger partial charge in [-0.1, -0.05) is 36.4 Å². The number of amides is 1. The molecule has 0 aliphatic heterocycles. The van der Waals surface area contributed by atoms with Crippen LogP contribution in [0.3, 0.4) is 0 Å². The number of carbonyl (C=O) groups excluding carboxylic acids is 1. The maximum Gasteiger partial charge on any atom is 0.293 e. The fourth-order valence-electron chi connectivity index (χ4n) is 3.65. The van der Waals surface area contributed by atoms with E-state index in [0.717, 1.165) is 30.0 Å². The Morgan fingerprint density at radius 1 is 1.06 bits per heavy atom. The Bertz CT molecular complexity index is 1240. The van der Waals surface area contributed by atoms with Crippen LogP contribution < -0.4 is 10.8 Å². The molecule has 0 aliphatic carbocycles. The first-order chi connectivity index (χ1) is 15.5. The van der Waals surface area contributed by atoms with Crippen molar-refractivity contribution in [3.8, 4) is 0 Å². The minimum Gasteiger partial charge on any atom is -0.341 e. The van der Waals surface area contributed by atoms with Crippen molar-refractivity contribution in [1.82, 2.24) is 20.3 Å². The lowest BCUT2D eigenvalue weighted by Crippen LogP contribution is -2.20. The number of hydrogen-bond acceptors (Lipinski definition) is 4. The predicted octanol–water partition coefficient (Wildman–Crippen LogP) is 3.81. The van der Waals surface area contributed by atoms with E-state index in [-0.39, 0.29) is 12.2 Å². The van der Waals surface area contributed by atoms with Crippen molar-refractivity contribution in [1.29, 1.82) is 0 Å². The quantitative estimate of drug-likeness (QED) is 0.223. The molecule has 1 amide bonds. The third-order valence-electron chi connectivity index (χ3n) is 5.29. The van der Waals surface area contributed by atoms with Crippen molar-refractivity contribution in [2.45, 2.75) is 19.5 Å². The molecule has 6 nitrogen and oxygen atoms in total. The topological polar surface area (TPSA) is 79.2 Å². The SMILES string of the molecule is O=C(NO)c1cc2c(CNCCc3ccccc3)cn(Cc3ccc(F)cc3F)c2cn1. The van der Waals surface area contributed by atoms with Crippen LogP contribution in [0, 0.1) is 11.6 Å². The van der Waals surface area contributed by atoms with E-state index >= 15 is 0 Å². The average Bonchev–Trinajstić information content (AvgIpc) is 3.15. The molecular formula is C24H22F2N4O2. The number of fused-ring (bicyclic) bond motifs is 1. The molecule has 4 aromatic rings. The Balaban J connectivity index is 1.59. The lowest BCUT2D eigenvalue weighted by Gasteiger charge is -2.07. The maximum atomic E-state index is 14.2. The number of hydroxylamine groups is 1. The number of nitrogens with one attached hydrogen (secondary N) is 2. The van der Waals surface area contributed by atoms with Gasteiger partial charge in [0.1, 0.15) is 17.3 Å². The first-order valence-electron chi connectivity index (χ1n) is 10.2. The molecule has 0 saturated carbocycles. The van der Waals surface area contributed by atoms with Crippen LogP contribution in [-0.4, -0.2) is 27.2 Å². The van der Waals surface area contributed by atoms with Crippen molar-refractivity contribution >= 4 is 16.8 Å². The summed E-state index contributed by atoms with van der Waals surface area (Å²) < 4.78 is 29.3. The molecule has 164 valence electrons. The van der Waals surface area contributed by atoms with Gasteiger partial charge in [-0.3, -0.25) is 10.0 Å². The lowest BCUT2D eigenvalue weighted by atomic mass is 10.1. The van der Waals surface area contributed by atoms with Crippen molar-refractivity contribution < 1.29 is 18.8 Å². The number of rotatable bonds is 8. The number of hydrogen-bond donors (Lipinski definition) is 3. The van der Waals surface area contributed by atoms with Gasteiger partial charge < -0.3 is 9.88 Å². The van der Waals surface area contributed by atoms with Gasteiger partial charge in [-0.25, -0.2) is 19.2 Å². The van der Waals surface area contributed by atoms with Crippen LogP contribution in [0.1, 0.15) is 27.2 Å². The standard InChI is InChI=1S/C24H22F2N4O2/c25-19-7-6-17(21(26)10-19)14-30-15-18(12-27-9-8-16-4-2-1-3-5-16)20-11-22(24(31)29-32)28-13-23(20)30/h1-7,10-11,13,15,27,32H,8-9,12,14H2,(H,29,31). The zero-order valence-electron chi connectivity index (χ0n) is 17.2. The van der Waals surface area contributed by atoms with E-state index < -0.39 is 17.5 Å². The summed E-state index contributed by atoms with van der Waals surface area (Å²) in [5, 5.41) is 13.1. The van der Waals surface area contributed by atoms with Crippen LogP contribution in [0.5, 0.6) is 0 Å². The molecule has 3 N–H and O–H groups in total. The van der Waals surface area contributed by atoms with E-state index in [2.05, 4.69) is 22.4 Å². The molecule has 2 aromatic carbocycles. The van der Waals surface area contributed by atoms with E-state index in [1.54, 1.807) is 11.5 Å². The summed E-state index contributed by atoms with van der Waals surface area (Å²) in [4.78, 5) is 15.9. The summed E-state index contributed by atoms with van der Waals surface area (Å²) in [6.45, 7) is 1.45. The zero-order valence-corrected chi connectivity index (χ0v) is 17.2. The molecule has 2 aromatic heterocycles. The Morgan fingerprint density at radius 3 is 2.62 bits per heavy atom. The fraction of sp³-hybridized carbons (Fsp3) is 0.167. The molecule has 0 spiro atoms. The Morgan fingerprint density at radius 2 is 1.88 bits per heavy atom. The number of aromatic nitrogens is 2.